The molecule has 0 aliphatic carbocycles. The van der Waals surface area contributed by atoms with Crippen molar-refractivity contribution in [1.82, 2.24) is 0 Å². The number of nitrogens with zero attached hydrogens (tertiary/aromatic N) is 2. The lowest BCUT2D eigenvalue weighted by atomic mass is 9.95. The van der Waals surface area contributed by atoms with Crippen LogP contribution in [0, 0.1) is 11.3 Å². The summed E-state index contributed by atoms with van der Waals surface area (Å²) in [6, 6.07) is 4.30. The Morgan fingerprint density at radius 3 is 2.83 bits per heavy atom. The van der Waals surface area contributed by atoms with Crippen molar-refractivity contribution in [3.63, 3.8) is 0 Å². The molecule has 1 saturated heterocycles. The molecule has 1 aromatic rings. The quantitative estimate of drug-likeness (QED) is 0.743. The van der Waals surface area contributed by atoms with Gasteiger partial charge in [0.15, 0.2) is 0 Å². The van der Waals surface area contributed by atoms with E-state index >= 15 is 0 Å². The molecule has 3 rings (SSSR count). The van der Waals surface area contributed by atoms with Gasteiger partial charge in [0, 0.05) is 12.0 Å². The summed E-state index contributed by atoms with van der Waals surface area (Å²) >= 11 is 0. The number of hydrogen-bond acceptors (Lipinski definition) is 4. The maximum Gasteiger partial charge on any atom is 0.293 e. The van der Waals surface area contributed by atoms with Crippen molar-refractivity contribution in [2.24, 2.45) is 0 Å². The number of quaternary nitrogens is 1. The highest BCUT2D eigenvalue weighted by atomic mass is 16.5. The summed E-state index contributed by atoms with van der Waals surface area (Å²) in [7, 11) is 0. The van der Waals surface area contributed by atoms with Gasteiger partial charge in [0.05, 0.1) is 18.8 Å². The number of aliphatic hydroxyl groups excluding tert-OH is 1. The van der Waals surface area contributed by atoms with Crippen molar-refractivity contribution in [2.75, 3.05) is 44.2 Å². The van der Waals surface area contributed by atoms with Crippen molar-refractivity contribution < 1.29 is 19.7 Å². The van der Waals surface area contributed by atoms with E-state index in [1.165, 1.54) is 10.6 Å². The number of hydrogen-bond donors (Lipinski definition) is 2. The van der Waals surface area contributed by atoms with E-state index in [1.54, 1.807) is 0 Å². The summed E-state index contributed by atoms with van der Waals surface area (Å²) in [5.74, 6) is 0.937. The Bertz CT molecular complexity index is 616. The summed E-state index contributed by atoms with van der Waals surface area (Å²) in [4.78, 5) is 7.21. The van der Waals surface area contributed by atoms with Crippen LogP contribution in [-0.4, -0.2) is 50.0 Å². The number of nitriles is 1. The molecule has 0 atom stereocenters. The van der Waals surface area contributed by atoms with Crippen LogP contribution in [0.1, 0.15) is 30.7 Å². The predicted octanol–water partition coefficient (Wildman–Crippen LogP) is -1.08. The van der Waals surface area contributed by atoms with E-state index in [4.69, 9.17) is 9.84 Å². The maximum atomic E-state index is 9.51. The third kappa shape index (κ3) is 3.47. The molecule has 23 heavy (non-hydrogen) atoms. The van der Waals surface area contributed by atoms with E-state index in [9.17, 15) is 5.26 Å². The number of aromatic amines is 1. The highest BCUT2D eigenvalue weighted by molar-refractivity contribution is 5.52. The summed E-state index contributed by atoms with van der Waals surface area (Å²) in [5.41, 5.74) is 2.80. The molecule has 3 N–H and O–H groups in total. The molecule has 2 aliphatic heterocycles. The van der Waals surface area contributed by atoms with E-state index in [1.807, 2.05) is 6.07 Å². The maximum absolute atomic E-state index is 9.51. The lowest BCUT2D eigenvalue weighted by Crippen LogP contribution is -3.15. The summed E-state index contributed by atoms with van der Waals surface area (Å²) in [6.45, 7) is 9.57. The van der Waals surface area contributed by atoms with Gasteiger partial charge in [0.2, 0.25) is 0 Å². The average molecular weight is 318 g/mol. The van der Waals surface area contributed by atoms with E-state index in [0.29, 0.717) is 12.2 Å². The van der Waals surface area contributed by atoms with Crippen molar-refractivity contribution in [2.45, 2.75) is 32.5 Å². The fourth-order valence-corrected chi connectivity index (χ4v) is 3.45. The Morgan fingerprint density at radius 2 is 2.17 bits per heavy atom. The Kier molecular flexibility index (Phi) is 4.53. The van der Waals surface area contributed by atoms with Crippen molar-refractivity contribution in [3.05, 3.63) is 22.9 Å². The van der Waals surface area contributed by atoms with Gasteiger partial charge in [0.25, 0.3) is 5.82 Å². The van der Waals surface area contributed by atoms with Crippen molar-refractivity contribution in [3.8, 4) is 6.07 Å². The predicted molar refractivity (Wildman–Crippen MR) is 85.1 cm³/mol. The van der Waals surface area contributed by atoms with Gasteiger partial charge in [-0.15, -0.1) is 0 Å². The molecular weight excluding hydrogens is 292 g/mol. The molecule has 0 unspecified atom stereocenters. The van der Waals surface area contributed by atoms with Gasteiger partial charge in [-0.05, 0) is 19.9 Å². The first-order valence-corrected chi connectivity index (χ1v) is 8.34. The number of ether oxygens (including phenoxy) is 1. The molecule has 1 fully saturated rings. The molecule has 6 heteroatoms. The number of aromatic nitrogens is 1. The number of pyridine rings is 1. The molecule has 3 heterocycles. The Morgan fingerprint density at radius 1 is 1.43 bits per heavy atom. The van der Waals surface area contributed by atoms with Gasteiger partial charge in [0.1, 0.15) is 50.1 Å². The summed E-state index contributed by atoms with van der Waals surface area (Å²) in [5, 5.41) is 18.6. The van der Waals surface area contributed by atoms with Gasteiger partial charge in [-0.25, -0.2) is 9.88 Å². The summed E-state index contributed by atoms with van der Waals surface area (Å²) in [6.07, 6.45) is 0.830. The van der Waals surface area contributed by atoms with E-state index in [2.05, 4.69) is 29.8 Å². The molecule has 124 valence electrons. The molecule has 2 aliphatic rings. The minimum atomic E-state index is -0.168. The smallest absolute Gasteiger partial charge is 0.293 e. The van der Waals surface area contributed by atoms with Gasteiger partial charge in [-0.2, -0.15) is 5.26 Å². The number of piperazine rings is 1. The lowest BCUT2D eigenvalue weighted by molar-refractivity contribution is -0.901. The van der Waals surface area contributed by atoms with Crippen LogP contribution in [-0.2, 0) is 17.8 Å². The highest BCUT2D eigenvalue weighted by Crippen LogP contribution is 2.27. The van der Waals surface area contributed by atoms with Crippen LogP contribution in [0.15, 0.2) is 6.07 Å². The average Bonchev–Trinajstić information content (AvgIpc) is 2.54. The first-order valence-electron chi connectivity index (χ1n) is 8.34. The molecule has 0 spiro atoms. The van der Waals surface area contributed by atoms with Crippen molar-refractivity contribution >= 4 is 5.82 Å². The molecule has 0 saturated carbocycles. The van der Waals surface area contributed by atoms with E-state index < -0.39 is 0 Å². The molecule has 1 aromatic heterocycles. The number of nitrogens with one attached hydrogen (secondary N) is 2. The minimum absolute atomic E-state index is 0.168. The van der Waals surface area contributed by atoms with Crippen LogP contribution in [0.5, 0.6) is 0 Å². The topological polar surface area (TPSA) is 75.1 Å². The molecule has 0 amide bonds. The van der Waals surface area contributed by atoms with Crippen LogP contribution in [0.4, 0.5) is 5.82 Å². The fraction of sp³-hybridized carbons (Fsp3) is 0.647. The molecule has 0 bridgehead atoms. The van der Waals surface area contributed by atoms with Crippen LogP contribution < -0.4 is 14.8 Å². The number of aliphatic hydroxyl groups is 1. The second-order valence-corrected chi connectivity index (χ2v) is 7.08. The number of H-pyrrole nitrogens is 1. The molecular formula is C17H26N4O2+2. The monoisotopic (exact) mass is 318 g/mol. The molecule has 0 aromatic carbocycles. The van der Waals surface area contributed by atoms with Crippen LogP contribution in [0.3, 0.4) is 0 Å². The lowest BCUT2D eigenvalue weighted by Gasteiger charge is -2.32. The Balaban J connectivity index is 1.84. The normalized spacial score (nSPS) is 20.9. The first kappa shape index (κ1) is 16.2. The second-order valence-electron chi connectivity index (χ2n) is 7.08. The number of anilines is 1. The number of fused-ring (bicyclic) bond motifs is 1. The van der Waals surface area contributed by atoms with Gasteiger partial charge < -0.3 is 14.7 Å². The fourth-order valence-electron chi connectivity index (χ4n) is 3.45. The standard InChI is InChI=1S/C17H24N4O2/c1-17(2)10-15-14(12-23-17)9-13(11-18)16(19-15)21-5-3-20(4-6-21)7-8-22/h9,22H,3-8,10,12H2,1-2H3/p+2. The third-order valence-corrected chi connectivity index (χ3v) is 4.82. The van der Waals surface area contributed by atoms with E-state index in [0.717, 1.165) is 50.5 Å². The van der Waals surface area contributed by atoms with Crippen LogP contribution in [0.25, 0.3) is 0 Å². The van der Waals surface area contributed by atoms with Gasteiger partial charge in [-0.1, -0.05) is 0 Å². The van der Waals surface area contributed by atoms with E-state index in [-0.39, 0.29) is 12.2 Å². The Hall–Kier alpha value is -1.68. The molecule has 6 nitrogen and oxygen atoms in total. The first-order chi connectivity index (χ1) is 11.0. The largest absolute Gasteiger partial charge is 0.391 e. The molecule has 0 radical (unpaired) electrons. The third-order valence-electron chi connectivity index (χ3n) is 4.82. The Labute approximate surface area is 137 Å². The SMILES string of the molecule is CC1(C)Cc2[nH+]c(N3CC[NH+](CCO)CC3)c(C#N)cc2CO1. The zero-order valence-corrected chi connectivity index (χ0v) is 14.0. The van der Waals surface area contributed by atoms with Crippen LogP contribution >= 0.6 is 0 Å². The van der Waals surface area contributed by atoms with Crippen molar-refractivity contribution in [1.29, 1.82) is 5.26 Å². The van der Waals surface area contributed by atoms with Gasteiger partial charge >= 0.3 is 0 Å². The zero-order valence-electron chi connectivity index (χ0n) is 14.0. The van der Waals surface area contributed by atoms with Gasteiger partial charge in [-0.3, -0.25) is 0 Å². The second kappa shape index (κ2) is 6.44. The minimum Gasteiger partial charge on any atom is -0.391 e. The van der Waals surface area contributed by atoms with Crippen LogP contribution in [0.2, 0.25) is 0 Å². The zero-order chi connectivity index (χ0) is 16.4. The highest BCUT2D eigenvalue weighted by Gasteiger charge is 2.33. The number of rotatable bonds is 3. The summed E-state index contributed by atoms with van der Waals surface area (Å²) < 4.78 is 5.85.